The van der Waals surface area contributed by atoms with E-state index in [2.05, 4.69) is 75.0 Å². The Kier molecular flexibility index (Phi) is 4.89. The maximum atomic E-state index is 4.46. The summed E-state index contributed by atoms with van der Waals surface area (Å²) in [5, 5.41) is 4.46. The van der Waals surface area contributed by atoms with E-state index >= 15 is 0 Å². The fourth-order valence-corrected chi connectivity index (χ4v) is 2.67. The van der Waals surface area contributed by atoms with Crippen LogP contribution in [0.4, 0.5) is 5.69 Å². The lowest BCUT2D eigenvalue weighted by molar-refractivity contribution is 1.31. The predicted molar refractivity (Wildman–Crippen MR) is 102 cm³/mol. The molecule has 0 aliphatic carbocycles. The van der Waals surface area contributed by atoms with E-state index in [0.717, 1.165) is 21.4 Å². The van der Waals surface area contributed by atoms with Crippen molar-refractivity contribution < 1.29 is 0 Å². The summed E-state index contributed by atoms with van der Waals surface area (Å²) >= 11 is 3.51. The molecule has 3 heteroatoms. The fourth-order valence-electron chi connectivity index (χ4n) is 2.29. The molecule has 23 heavy (non-hydrogen) atoms. The first-order chi connectivity index (χ1) is 11.2. The van der Waals surface area contributed by atoms with E-state index in [-0.39, 0.29) is 0 Å². The Morgan fingerprint density at radius 3 is 2.09 bits per heavy atom. The highest BCUT2D eigenvalue weighted by atomic mass is 79.9. The van der Waals surface area contributed by atoms with Crippen molar-refractivity contribution in [1.29, 1.82) is 0 Å². The van der Waals surface area contributed by atoms with Gasteiger partial charge in [-0.15, -0.1) is 0 Å². The predicted octanol–water partition coefficient (Wildman–Crippen LogP) is 5.95. The molecule has 3 aromatic carbocycles. The minimum Gasteiger partial charge on any atom is -0.277 e. The number of halogens is 1. The summed E-state index contributed by atoms with van der Waals surface area (Å²) in [6.45, 7) is 2.00. The van der Waals surface area contributed by atoms with Crippen LogP contribution >= 0.6 is 15.9 Å². The summed E-state index contributed by atoms with van der Waals surface area (Å²) < 4.78 is 0.996. The molecule has 0 saturated carbocycles. The summed E-state index contributed by atoms with van der Waals surface area (Å²) in [5.41, 5.74) is 8.53. The average Bonchev–Trinajstić information content (AvgIpc) is 2.62. The molecule has 0 spiro atoms. The van der Waals surface area contributed by atoms with Gasteiger partial charge in [0, 0.05) is 4.47 Å². The summed E-state index contributed by atoms with van der Waals surface area (Å²) in [6, 6.07) is 26.8. The van der Waals surface area contributed by atoms with Crippen LogP contribution in [0.3, 0.4) is 0 Å². The Bertz CT molecular complexity index is 809. The molecule has 0 heterocycles. The summed E-state index contributed by atoms with van der Waals surface area (Å²) in [5.74, 6) is 0. The Morgan fingerprint density at radius 1 is 0.783 bits per heavy atom. The molecule has 0 saturated heterocycles. The van der Waals surface area contributed by atoms with Gasteiger partial charge in [0.25, 0.3) is 0 Å². The van der Waals surface area contributed by atoms with Crippen LogP contribution in [0, 0.1) is 0 Å². The molecule has 0 amide bonds. The maximum Gasteiger partial charge on any atom is 0.0703 e. The second-order valence-corrected chi connectivity index (χ2v) is 6.09. The first-order valence-electron chi connectivity index (χ1n) is 7.45. The van der Waals surface area contributed by atoms with Crippen molar-refractivity contribution >= 4 is 27.3 Å². The lowest BCUT2D eigenvalue weighted by Gasteiger charge is -2.07. The Morgan fingerprint density at radius 2 is 1.39 bits per heavy atom. The van der Waals surface area contributed by atoms with Gasteiger partial charge in [-0.05, 0) is 51.7 Å². The van der Waals surface area contributed by atoms with Crippen molar-refractivity contribution in [2.24, 2.45) is 5.10 Å². The van der Waals surface area contributed by atoms with Gasteiger partial charge in [-0.3, -0.25) is 5.43 Å². The van der Waals surface area contributed by atoms with Crippen LogP contribution in [0.15, 0.2) is 88.4 Å². The van der Waals surface area contributed by atoms with Crippen LogP contribution in [0.5, 0.6) is 0 Å². The van der Waals surface area contributed by atoms with Crippen LogP contribution in [0.2, 0.25) is 0 Å². The molecule has 114 valence electrons. The SMILES string of the molecule is C/C(=N\Nc1ccccc1Br)c1ccc(-c2ccccc2)cc1. The minimum atomic E-state index is 0.945. The summed E-state index contributed by atoms with van der Waals surface area (Å²) in [7, 11) is 0. The molecule has 1 N–H and O–H groups in total. The van der Waals surface area contributed by atoms with E-state index in [9.17, 15) is 0 Å². The number of hydrogen-bond donors (Lipinski definition) is 1. The number of para-hydroxylation sites is 1. The Labute approximate surface area is 145 Å². The van der Waals surface area contributed by atoms with Crippen molar-refractivity contribution in [2.75, 3.05) is 5.43 Å². The largest absolute Gasteiger partial charge is 0.277 e. The third kappa shape index (κ3) is 3.88. The second kappa shape index (κ2) is 7.25. The van der Waals surface area contributed by atoms with Crippen molar-refractivity contribution in [3.05, 3.63) is 88.9 Å². The lowest BCUT2D eigenvalue weighted by atomic mass is 10.0. The van der Waals surface area contributed by atoms with Gasteiger partial charge in [-0.1, -0.05) is 66.7 Å². The van der Waals surface area contributed by atoms with Crippen molar-refractivity contribution in [3.63, 3.8) is 0 Å². The van der Waals surface area contributed by atoms with Crippen LogP contribution in [0.25, 0.3) is 11.1 Å². The highest BCUT2D eigenvalue weighted by Crippen LogP contribution is 2.22. The monoisotopic (exact) mass is 364 g/mol. The number of nitrogens with one attached hydrogen (secondary N) is 1. The van der Waals surface area contributed by atoms with Crippen LogP contribution in [-0.4, -0.2) is 5.71 Å². The van der Waals surface area contributed by atoms with Gasteiger partial charge < -0.3 is 0 Å². The number of benzene rings is 3. The molecule has 0 aliphatic heterocycles. The highest BCUT2D eigenvalue weighted by Gasteiger charge is 2.01. The van der Waals surface area contributed by atoms with Crippen LogP contribution in [-0.2, 0) is 0 Å². The number of rotatable bonds is 4. The Hall–Kier alpha value is -2.39. The lowest BCUT2D eigenvalue weighted by Crippen LogP contribution is -2.00. The number of hydrogen-bond acceptors (Lipinski definition) is 2. The molecule has 2 nitrogen and oxygen atoms in total. The van der Waals surface area contributed by atoms with E-state index in [0.29, 0.717) is 0 Å². The van der Waals surface area contributed by atoms with Crippen molar-refractivity contribution in [2.45, 2.75) is 6.92 Å². The summed E-state index contributed by atoms with van der Waals surface area (Å²) in [6.07, 6.45) is 0. The van der Waals surface area contributed by atoms with Crippen molar-refractivity contribution in [3.8, 4) is 11.1 Å². The van der Waals surface area contributed by atoms with E-state index in [1.165, 1.54) is 11.1 Å². The number of hydrazone groups is 1. The van der Waals surface area contributed by atoms with Crippen LogP contribution < -0.4 is 5.43 Å². The topological polar surface area (TPSA) is 24.4 Å². The molecule has 0 radical (unpaired) electrons. The van der Waals surface area contributed by atoms with Gasteiger partial charge in [0.05, 0.1) is 11.4 Å². The standard InChI is InChI=1S/C20H17BrN2/c1-15(22-23-20-10-6-5-9-19(20)21)16-11-13-18(14-12-16)17-7-3-2-4-8-17/h2-14,23H,1H3/b22-15+. The van der Waals surface area contributed by atoms with Gasteiger partial charge >= 0.3 is 0 Å². The quantitative estimate of drug-likeness (QED) is 0.448. The number of anilines is 1. The van der Waals surface area contributed by atoms with Gasteiger partial charge in [-0.2, -0.15) is 5.10 Å². The van der Waals surface area contributed by atoms with E-state index in [1.807, 2.05) is 37.3 Å². The van der Waals surface area contributed by atoms with E-state index in [4.69, 9.17) is 0 Å². The maximum absolute atomic E-state index is 4.46. The third-order valence-corrected chi connectivity index (χ3v) is 4.32. The average molecular weight is 365 g/mol. The molecule has 0 unspecified atom stereocenters. The summed E-state index contributed by atoms with van der Waals surface area (Å²) in [4.78, 5) is 0. The second-order valence-electron chi connectivity index (χ2n) is 5.23. The van der Waals surface area contributed by atoms with Crippen molar-refractivity contribution in [1.82, 2.24) is 0 Å². The first kappa shape index (κ1) is 15.5. The molecule has 0 fully saturated rings. The van der Waals surface area contributed by atoms with Gasteiger partial charge in [0.2, 0.25) is 0 Å². The molecular formula is C20H17BrN2. The smallest absolute Gasteiger partial charge is 0.0703 e. The molecule has 0 bridgehead atoms. The zero-order chi connectivity index (χ0) is 16.1. The third-order valence-electron chi connectivity index (χ3n) is 3.63. The molecule has 0 aliphatic rings. The fraction of sp³-hybridized carbons (Fsp3) is 0.0500. The van der Waals surface area contributed by atoms with Gasteiger partial charge in [0.1, 0.15) is 0 Å². The van der Waals surface area contributed by atoms with Gasteiger partial charge in [0.15, 0.2) is 0 Å². The Balaban J connectivity index is 1.76. The van der Waals surface area contributed by atoms with Crippen LogP contribution in [0.1, 0.15) is 12.5 Å². The highest BCUT2D eigenvalue weighted by molar-refractivity contribution is 9.10. The first-order valence-corrected chi connectivity index (χ1v) is 8.24. The normalized spacial score (nSPS) is 11.3. The zero-order valence-electron chi connectivity index (χ0n) is 12.8. The number of nitrogens with zero attached hydrogens (tertiary/aromatic N) is 1. The van der Waals surface area contributed by atoms with E-state index < -0.39 is 0 Å². The molecule has 0 aromatic heterocycles. The molecule has 3 aromatic rings. The van der Waals surface area contributed by atoms with Gasteiger partial charge in [-0.25, -0.2) is 0 Å². The molecular weight excluding hydrogens is 348 g/mol. The zero-order valence-corrected chi connectivity index (χ0v) is 14.4. The molecule has 0 atom stereocenters. The molecule has 3 rings (SSSR count). The minimum absolute atomic E-state index is 0.945. The van der Waals surface area contributed by atoms with E-state index in [1.54, 1.807) is 0 Å².